The number of benzene rings is 2. The number of aromatic amines is 1. The van der Waals surface area contributed by atoms with E-state index in [2.05, 4.69) is 4.98 Å². The normalized spacial score (nSPS) is 20.5. The average molecular weight is 388 g/mol. The van der Waals surface area contributed by atoms with E-state index in [-0.39, 0.29) is 11.7 Å². The summed E-state index contributed by atoms with van der Waals surface area (Å²) < 4.78 is 33.5. The van der Waals surface area contributed by atoms with E-state index < -0.39 is 16.5 Å². The van der Waals surface area contributed by atoms with Crippen molar-refractivity contribution in [1.82, 2.24) is 4.98 Å². The highest BCUT2D eigenvalue weighted by atomic mass is 32.3. The maximum absolute atomic E-state index is 13.3. The fourth-order valence-electron chi connectivity index (χ4n) is 3.89. The van der Waals surface area contributed by atoms with Crippen molar-refractivity contribution in [3.8, 4) is 11.1 Å². The van der Waals surface area contributed by atoms with Gasteiger partial charge in [-0.25, -0.2) is 4.39 Å². The maximum atomic E-state index is 13.3. The number of hydrogen-bond acceptors (Lipinski definition) is 3. The number of amides is 1. The first-order chi connectivity index (χ1) is 12.8. The highest BCUT2D eigenvalue weighted by Gasteiger charge is 2.28. The van der Waals surface area contributed by atoms with E-state index in [9.17, 15) is 18.3 Å². The Morgan fingerprint density at radius 3 is 2.59 bits per heavy atom. The fourth-order valence-corrected chi connectivity index (χ4v) is 5.68. The number of rotatable bonds is 3. The number of aromatic nitrogens is 1. The SMILES string of the molecule is NC(=O)c1cc(-c2ccc(F)cc2)cc2c(C3CCCS(O)(O)C3)c[nH]c12. The number of nitrogens with one attached hydrogen (secondary N) is 1. The predicted octanol–water partition coefficient (Wildman–Crippen LogP) is 4.70. The van der Waals surface area contributed by atoms with Gasteiger partial charge in [0, 0.05) is 29.0 Å². The molecule has 1 saturated heterocycles. The lowest BCUT2D eigenvalue weighted by Crippen LogP contribution is -2.20. The Morgan fingerprint density at radius 1 is 1.19 bits per heavy atom. The molecule has 5 nitrogen and oxygen atoms in total. The summed E-state index contributed by atoms with van der Waals surface area (Å²) in [7, 11) is -2.57. The molecule has 3 aromatic rings. The molecule has 1 aliphatic rings. The van der Waals surface area contributed by atoms with Gasteiger partial charge in [-0.1, -0.05) is 12.1 Å². The number of H-pyrrole nitrogens is 1. The first-order valence-electron chi connectivity index (χ1n) is 8.78. The molecular formula is C20H21FN2O3S. The Morgan fingerprint density at radius 2 is 1.93 bits per heavy atom. The van der Waals surface area contributed by atoms with Crippen LogP contribution in [0.2, 0.25) is 0 Å². The molecule has 142 valence electrons. The van der Waals surface area contributed by atoms with Gasteiger partial charge in [0.05, 0.1) is 11.1 Å². The molecule has 0 spiro atoms. The zero-order valence-electron chi connectivity index (χ0n) is 14.6. The molecule has 0 aliphatic carbocycles. The van der Waals surface area contributed by atoms with E-state index in [0.717, 1.165) is 34.9 Å². The summed E-state index contributed by atoms with van der Waals surface area (Å²) >= 11 is 0. The van der Waals surface area contributed by atoms with Gasteiger partial charge in [-0.3, -0.25) is 13.9 Å². The Hall–Kier alpha value is -2.35. The third-order valence-corrected chi connectivity index (χ3v) is 7.07. The van der Waals surface area contributed by atoms with Crippen molar-refractivity contribution in [2.75, 3.05) is 11.5 Å². The molecule has 2 heterocycles. The van der Waals surface area contributed by atoms with Crippen molar-refractivity contribution >= 4 is 27.4 Å². The smallest absolute Gasteiger partial charge is 0.250 e. The molecular weight excluding hydrogens is 367 g/mol. The Kier molecular flexibility index (Phi) is 4.46. The van der Waals surface area contributed by atoms with Gasteiger partial charge in [0.25, 0.3) is 5.91 Å². The Bertz CT molecular complexity index is 1010. The summed E-state index contributed by atoms with van der Waals surface area (Å²) in [6.07, 6.45) is 3.44. The van der Waals surface area contributed by atoms with Crippen LogP contribution < -0.4 is 5.73 Å². The van der Waals surface area contributed by atoms with Crippen molar-refractivity contribution in [2.24, 2.45) is 5.73 Å². The number of primary amides is 1. The van der Waals surface area contributed by atoms with Crippen molar-refractivity contribution in [3.05, 3.63) is 59.5 Å². The molecule has 2 aromatic carbocycles. The lowest BCUT2D eigenvalue weighted by molar-refractivity contribution is 0.100. The summed E-state index contributed by atoms with van der Waals surface area (Å²) in [5.74, 6) is -0.108. The van der Waals surface area contributed by atoms with Gasteiger partial charge < -0.3 is 10.7 Å². The second kappa shape index (κ2) is 6.67. The molecule has 1 atom stereocenters. The zero-order chi connectivity index (χ0) is 19.2. The van der Waals surface area contributed by atoms with E-state index in [4.69, 9.17) is 5.73 Å². The minimum Gasteiger partial charge on any atom is -0.366 e. The molecule has 27 heavy (non-hydrogen) atoms. The second-order valence-corrected chi connectivity index (χ2v) is 9.42. The van der Waals surface area contributed by atoms with Gasteiger partial charge in [0.2, 0.25) is 0 Å². The molecule has 1 unspecified atom stereocenters. The van der Waals surface area contributed by atoms with E-state index in [1.165, 1.54) is 12.1 Å². The van der Waals surface area contributed by atoms with Crippen LogP contribution in [0.4, 0.5) is 4.39 Å². The lowest BCUT2D eigenvalue weighted by Gasteiger charge is -2.40. The number of fused-ring (bicyclic) bond motifs is 1. The van der Waals surface area contributed by atoms with Crippen LogP contribution in [0.1, 0.15) is 34.7 Å². The Balaban J connectivity index is 1.87. The fraction of sp³-hybridized carbons (Fsp3) is 0.250. The van der Waals surface area contributed by atoms with Crippen molar-refractivity contribution < 1.29 is 18.3 Å². The van der Waals surface area contributed by atoms with Crippen LogP contribution in [0.15, 0.2) is 42.6 Å². The highest BCUT2D eigenvalue weighted by molar-refractivity contribution is 8.24. The van der Waals surface area contributed by atoms with Crippen LogP contribution in [-0.4, -0.2) is 31.5 Å². The summed E-state index contributed by atoms with van der Waals surface area (Å²) in [6, 6.07) is 9.71. The summed E-state index contributed by atoms with van der Waals surface area (Å²) in [5.41, 5.74) is 9.09. The van der Waals surface area contributed by atoms with Crippen LogP contribution >= 0.6 is 10.6 Å². The number of hydrogen-bond donors (Lipinski definition) is 4. The molecule has 0 bridgehead atoms. The first-order valence-corrected chi connectivity index (χ1v) is 10.7. The lowest BCUT2D eigenvalue weighted by atomic mass is 9.92. The molecule has 4 rings (SSSR count). The van der Waals surface area contributed by atoms with Crippen molar-refractivity contribution in [2.45, 2.75) is 18.8 Å². The van der Waals surface area contributed by atoms with Crippen LogP contribution in [0, 0.1) is 5.82 Å². The molecule has 5 N–H and O–H groups in total. The summed E-state index contributed by atoms with van der Waals surface area (Å²) in [4.78, 5) is 15.1. The van der Waals surface area contributed by atoms with Gasteiger partial charge in [0.15, 0.2) is 0 Å². The van der Waals surface area contributed by atoms with Crippen LogP contribution in [0.3, 0.4) is 0 Å². The summed E-state index contributed by atoms with van der Waals surface area (Å²) in [5, 5.41) is 0.840. The quantitative estimate of drug-likeness (QED) is 0.523. The van der Waals surface area contributed by atoms with Crippen molar-refractivity contribution in [3.63, 3.8) is 0 Å². The first kappa shape index (κ1) is 18.0. The Labute approximate surface area is 157 Å². The molecule has 0 saturated carbocycles. The molecule has 1 aliphatic heterocycles. The van der Waals surface area contributed by atoms with Gasteiger partial charge in [-0.05, 0) is 53.8 Å². The van der Waals surface area contributed by atoms with Crippen LogP contribution in [0.5, 0.6) is 0 Å². The van der Waals surface area contributed by atoms with E-state index in [1.807, 2.05) is 12.3 Å². The standard InChI is InChI=1S/C20H21FN2O3S/c21-15-5-3-12(4-6-15)14-8-16-18(13-2-1-7-27(25,26)11-13)10-23-19(16)17(9-14)20(22)24/h3-6,8-10,13,23,25-26H,1-2,7,11H2,(H2,22,24). The largest absolute Gasteiger partial charge is 0.366 e. The van der Waals surface area contributed by atoms with E-state index in [0.29, 0.717) is 22.6 Å². The maximum Gasteiger partial charge on any atom is 0.250 e. The van der Waals surface area contributed by atoms with Gasteiger partial charge in [-0.15, -0.1) is 0 Å². The zero-order valence-corrected chi connectivity index (χ0v) is 15.4. The highest BCUT2D eigenvalue weighted by Crippen LogP contribution is 2.50. The molecule has 7 heteroatoms. The molecule has 0 radical (unpaired) electrons. The monoisotopic (exact) mass is 388 g/mol. The minimum absolute atomic E-state index is 0.00157. The molecule has 1 amide bonds. The molecule has 1 fully saturated rings. The van der Waals surface area contributed by atoms with E-state index >= 15 is 0 Å². The number of carbonyl (C=O) groups is 1. The van der Waals surface area contributed by atoms with E-state index in [1.54, 1.807) is 18.2 Å². The van der Waals surface area contributed by atoms with Gasteiger partial charge in [0.1, 0.15) is 5.82 Å². The predicted molar refractivity (Wildman–Crippen MR) is 107 cm³/mol. The second-order valence-electron chi connectivity index (χ2n) is 7.07. The topological polar surface area (TPSA) is 99.3 Å². The molecule has 1 aromatic heterocycles. The number of carbonyl (C=O) groups excluding carboxylic acids is 1. The average Bonchev–Trinajstić information content (AvgIpc) is 3.04. The third-order valence-electron chi connectivity index (χ3n) is 5.20. The van der Waals surface area contributed by atoms with Gasteiger partial charge in [-0.2, -0.15) is 10.6 Å². The number of halogens is 1. The minimum atomic E-state index is -2.57. The van der Waals surface area contributed by atoms with Crippen LogP contribution in [0.25, 0.3) is 22.0 Å². The van der Waals surface area contributed by atoms with Crippen molar-refractivity contribution in [1.29, 1.82) is 0 Å². The van der Waals surface area contributed by atoms with Gasteiger partial charge >= 0.3 is 0 Å². The van der Waals surface area contributed by atoms with Crippen LogP contribution in [-0.2, 0) is 0 Å². The summed E-state index contributed by atoms with van der Waals surface area (Å²) in [6.45, 7) is 0. The number of nitrogens with two attached hydrogens (primary N) is 1. The third kappa shape index (κ3) is 3.45.